The van der Waals surface area contributed by atoms with E-state index in [0.717, 1.165) is 10.4 Å². The Morgan fingerprint density at radius 1 is 1.50 bits per heavy atom. The number of thiophene rings is 1. The van der Waals surface area contributed by atoms with Gasteiger partial charge in [-0.3, -0.25) is 4.79 Å². The lowest BCUT2D eigenvalue weighted by molar-refractivity contribution is 0.0989. The maximum atomic E-state index is 11.6. The first-order chi connectivity index (χ1) is 7.52. The molecule has 6 heteroatoms. The Balaban J connectivity index is 2.28. The van der Waals surface area contributed by atoms with E-state index >= 15 is 0 Å². The van der Waals surface area contributed by atoms with E-state index in [9.17, 15) is 13.2 Å². The van der Waals surface area contributed by atoms with E-state index in [4.69, 9.17) is 5.73 Å². The third-order valence-corrected chi connectivity index (χ3v) is 5.41. The maximum absolute atomic E-state index is 11.6. The van der Waals surface area contributed by atoms with E-state index in [2.05, 4.69) is 0 Å². The van der Waals surface area contributed by atoms with Crippen molar-refractivity contribution in [1.82, 2.24) is 0 Å². The van der Waals surface area contributed by atoms with Crippen LogP contribution in [0.4, 0.5) is 0 Å². The number of ketones is 1. The number of carbonyl (C=O) groups excluding carboxylic acids is 1. The molecule has 2 N–H and O–H groups in total. The third-order valence-electron chi connectivity index (χ3n) is 2.56. The van der Waals surface area contributed by atoms with E-state index < -0.39 is 9.84 Å². The van der Waals surface area contributed by atoms with Crippen LogP contribution in [0.2, 0.25) is 0 Å². The predicted molar refractivity (Wildman–Crippen MR) is 63.5 cm³/mol. The molecule has 16 heavy (non-hydrogen) atoms. The number of sulfone groups is 1. The molecule has 0 unspecified atom stereocenters. The van der Waals surface area contributed by atoms with Gasteiger partial charge in [-0.05, 0) is 24.6 Å². The molecule has 0 atom stereocenters. The molecule has 4 nitrogen and oxygen atoms in total. The molecule has 0 saturated heterocycles. The quantitative estimate of drug-likeness (QED) is 0.813. The van der Waals surface area contributed by atoms with E-state index in [0.29, 0.717) is 24.3 Å². The molecule has 2 heterocycles. The summed E-state index contributed by atoms with van der Waals surface area (Å²) in [6.45, 7) is 0.333. The van der Waals surface area contributed by atoms with Crippen LogP contribution < -0.4 is 5.73 Å². The Kier molecular flexibility index (Phi) is 3.14. The molecule has 1 aromatic rings. The summed E-state index contributed by atoms with van der Waals surface area (Å²) in [6, 6.07) is 1.72. The zero-order valence-corrected chi connectivity index (χ0v) is 10.4. The monoisotopic (exact) mass is 259 g/mol. The van der Waals surface area contributed by atoms with E-state index in [1.807, 2.05) is 0 Å². The molecule has 1 aliphatic rings. The zero-order valence-electron chi connectivity index (χ0n) is 8.73. The summed E-state index contributed by atoms with van der Waals surface area (Å²) >= 11 is 1.41. The smallest absolute Gasteiger partial charge is 0.174 e. The van der Waals surface area contributed by atoms with Gasteiger partial charge in [-0.15, -0.1) is 11.3 Å². The first-order valence-corrected chi connectivity index (χ1v) is 7.71. The van der Waals surface area contributed by atoms with Crippen molar-refractivity contribution < 1.29 is 13.2 Å². The van der Waals surface area contributed by atoms with Crippen LogP contribution in [0.25, 0.3) is 0 Å². The normalized spacial score (nSPS) is 18.1. The van der Waals surface area contributed by atoms with Gasteiger partial charge in [-0.2, -0.15) is 0 Å². The van der Waals surface area contributed by atoms with Crippen molar-refractivity contribution in [3.8, 4) is 0 Å². The molecule has 88 valence electrons. The average molecular weight is 259 g/mol. The molecule has 0 bridgehead atoms. The van der Waals surface area contributed by atoms with E-state index in [1.54, 1.807) is 6.07 Å². The summed E-state index contributed by atoms with van der Waals surface area (Å²) in [5.41, 5.74) is 6.12. The van der Waals surface area contributed by atoms with Crippen LogP contribution in [-0.4, -0.2) is 26.5 Å². The number of Topliss-reactive ketones (excluding diaryl/α,β-unsaturated/α-hetero) is 1. The number of hydrogen-bond donors (Lipinski definition) is 1. The molecule has 0 spiro atoms. The number of aryl methyl sites for hydroxylation is 1. The van der Waals surface area contributed by atoms with Crippen LogP contribution >= 0.6 is 11.3 Å². The van der Waals surface area contributed by atoms with Crippen molar-refractivity contribution in [2.24, 2.45) is 5.73 Å². The average Bonchev–Trinajstić information content (AvgIpc) is 2.59. The lowest BCUT2D eigenvalue weighted by Crippen LogP contribution is -2.16. The van der Waals surface area contributed by atoms with Crippen LogP contribution in [0.15, 0.2) is 6.07 Å². The van der Waals surface area contributed by atoms with Crippen molar-refractivity contribution >= 4 is 27.0 Å². The molecule has 0 amide bonds. The molecule has 0 radical (unpaired) electrons. The molecular weight excluding hydrogens is 246 g/mol. The van der Waals surface area contributed by atoms with Gasteiger partial charge in [0, 0.05) is 11.3 Å². The lowest BCUT2D eigenvalue weighted by Gasteiger charge is -2.10. The van der Waals surface area contributed by atoms with Crippen LogP contribution in [0.3, 0.4) is 0 Å². The summed E-state index contributed by atoms with van der Waals surface area (Å²) in [5.74, 6) is 0.291. The van der Waals surface area contributed by atoms with Gasteiger partial charge in [0.25, 0.3) is 0 Å². The molecule has 1 aromatic heterocycles. The Morgan fingerprint density at radius 3 is 2.94 bits per heavy atom. The fraction of sp³-hybridized carbons (Fsp3) is 0.500. The first-order valence-electron chi connectivity index (χ1n) is 5.07. The van der Waals surface area contributed by atoms with Gasteiger partial charge in [0.2, 0.25) is 0 Å². The Hall–Kier alpha value is -0.720. The van der Waals surface area contributed by atoms with Crippen molar-refractivity contribution in [2.75, 3.05) is 12.3 Å². The molecular formula is C10H13NO3S2. The first kappa shape index (κ1) is 11.8. The maximum Gasteiger partial charge on any atom is 0.174 e. The summed E-state index contributed by atoms with van der Waals surface area (Å²) in [7, 11) is -2.95. The van der Waals surface area contributed by atoms with Crippen LogP contribution in [0.1, 0.15) is 26.5 Å². The minimum absolute atomic E-state index is 0.0132. The molecule has 1 aliphatic heterocycles. The second-order valence-corrected chi connectivity index (χ2v) is 7.18. The topological polar surface area (TPSA) is 77.2 Å². The highest BCUT2D eigenvalue weighted by Crippen LogP contribution is 2.29. The number of hydrogen-bond acceptors (Lipinski definition) is 5. The highest BCUT2D eigenvalue weighted by atomic mass is 32.2. The van der Waals surface area contributed by atoms with Crippen molar-refractivity contribution in [3.63, 3.8) is 0 Å². The van der Waals surface area contributed by atoms with Gasteiger partial charge in [-0.25, -0.2) is 8.42 Å². The highest BCUT2D eigenvalue weighted by molar-refractivity contribution is 7.90. The summed E-state index contributed by atoms with van der Waals surface area (Å²) in [4.78, 5) is 13.3. The number of nitrogens with two attached hydrogens (primary N) is 1. The Morgan fingerprint density at radius 2 is 2.25 bits per heavy atom. The fourth-order valence-electron chi connectivity index (χ4n) is 1.75. The largest absolute Gasteiger partial charge is 0.330 e. The minimum atomic E-state index is -2.95. The number of rotatable bonds is 3. The summed E-state index contributed by atoms with van der Waals surface area (Å²) < 4.78 is 22.8. The molecule has 0 aromatic carbocycles. The molecule has 0 aliphatic carbocycles. The standard InChI is InChI=1S/C10H13NO3S2/c11-3-1-8(12)10-5-7-6-16(13,14)4-2-9(7)15-10/h5H,1-4,6,11H2. The van der Waals surface area contributed by atoms with Crippen LogP contribution in [0.5, 0.6) is 0 Å². The number of carbonyl (C=O) groups is 1. The van der Waals surface area contributed by atoms with Gasteiger partial charge in [0.1, 0.15) is 0 Å². The zero-order chi connectivity index (χ0) is 11.8. The summed E-state index contributed by atoms with van der Waals surface area (Å²) in [5, 5.41) is 0. The lowest BCUT2D eigenvalue weighted by atomic mass is 10.2. The van der Waals surface area contributed by atoms with Gasteiger partial charge in [0.15, 0.2) is 15.6 Å². The Bertz CT molecular complexity index is 516. The van der Waals surface area contributed by atoms with Gasteiger partial charge in [-0.1, -0.05) is 0 Å². The van der Waals surface area contributed by atoms with Gasteiger partial charge < -0.3 is 5.73 Å². The van der Waals surface area contributed by atoms with E-state index in [1.165, 1.54) is 11.3 Å². The fourth-order valence-corrected chi connectivity index (χ4v) is 4.51. The van der Waals surface area contributed by atoms with Gasteiger partial charge in [0.05, 0.1) is 16.4 Å². The summed E-state index contributed by atoms with van der Waals surface area (Å²) in [6.07, 6.45) is 0.865. The third kappa shape index (κ3) is 2.34. The molecule has 2 rings (SSSR count). The molecule has 0 fully saturated rings. The second-order valence-electron chi connectivity index (χ2n) is 3.86. The van der Waals surface area contributed by atoms with Crippen molar-refractivity contribution in [1.29, 1.82) is 0 Å². The van der Waals surface area contributed by atoms with Crippen LogP contribution in [-0.2, 0) is 22.0 Å². The molecule has 0 saturated carbocycles. The van der Waals surface area contributed by atoms with Gasteiger partial charge >= 0.3 is 0 Å². The SMILES string of the molecule is NCCC(=O)c1cc2c(s1)CCS(=O)(=O)C2. The van der Waals surface area contributed by atoms with E-state index in [-0.39, 0.29) is 17.3 Å². The highest BCUT2D eigenvalue weighted by Gasteiger charge is 2.24. The predicted octanol–water partition coefficient (Wildman–Crippen LogP) is 0.751. The minimum Gasteiger partial charge on any atom is -0.330 e. The number of fused-ring (bicyclic) bond motifs is 1. The van der Waals surface area contributed by atoms with Crippen LogP contribution in [0, 0.1) is 0 Å². The van der Waals surface area contributed by atoms with Crippen molar-refractivity contribution in [3.05, 3.63) is 21.4 Å². The van der Waals surface area contributed by atoms with Crippen molar-refractivity contribution in [2.45, 2.75) is 18.6 Å². The Labute approximate surface area is 98.4 Å². The second kappa shape index (κ2) is 4.27.